The Morgan fingerprint density at radius 1 is 1.05 bits per heavy atom. The van der Waals surface area contributed by atoms with Gasteiger partial charge < -0.3 is 5.11 Å². The van der Waals surface area contributed by atoms with Gasteiger partial charge >= 0.3 is 0 Å². The average Bonchev–Trinajstić information content (AvgIpc) is 2.80. The number of phenolic OH excluding ortho intramolecular Hbond substituents is 1. The van der Waals surface area contributed by atoms with Gasteiger partial charge in [-0.15, -0.1) is 0 Å². The summed E-state index contributed by atoms with van der Waals surface area (Å²) in [5.41, 5.74) is 7.01. The van der Waals surface area contributed by atoms with Crippen molar-refractivity contribution < 1.29 is 5.11 Å². The van der Waals surface area contributed by atoms with Crippen molar-refractivity contribution in [2.45, 2.75) is 34.6 Å². The normalized spacial score (nSPS) is 10.5. The van der Waals surface area contributed by atoms with E-state index in [0.717, 1.165) is 39.1 Å². The number of hydrogen-bond acceptors (Lipinski definition) is 2. The van der Waals surface area contributed by atoms with Crippen LogP contribution in [-0.4, -0.2) is 29.8 Å². The molecule has 1 heterocycles. The molecule has 0 aliphatic heterocycles. The number of aromatic nitrogens is 2. The first-order chi connectivity index (χ1) is 9.84. The van der Waals surface area contributed by atoms with Crippen LogP contribution in [0.15, 0.2) is 0 Å². The van der Waals surface area contributed by atoms with E-state index in [-0.39, 0.29) is 5.75 Å². The van der Waals surface area contributed by atoms with Crippen molar-refractivity contribution >= 4 is 20.5 Å². The molecule has 1 N–H and O–H groups in total. The van der Waals surface area contributed by atoms with Crippen LogP contribution in [0.1, 0.15) is 27.8 Å². The molecule has 1 aromatic carbocycles. The van der Waals surface area contributed by atoms with E-state index in [4.69, 9.17) is 14.2 Å². The number of benzene rings is 1. The lowest BCUT2D eigenvalue weighted by molar-refractivity contribution is 0.471. The highest BCUT2D eigenvalue weighted by Gasteiger charge is 2.22. The van der Waals surface area contributed by atoms with Crippen LogP contribution in [0.5, 0.6) is 5.75 Å². The summed E-state index contributed by atoms with van der Waals surface area (Å²) in [5.74, 6) is 0.249. The largest absolute Gasteiger partial charge is 0.507 e. The molecule has 0 aliphatic rings. The van der Waals surface area contributed by atoms with Crippen molar-refractivity contribution in [2.24, 2.45) is 0 Å². The predicted molar refractivity (Wildman–Crippen MR) is 88.4 cm³/mol. The molecule has 0 saturated heterocycles. The molecule has 0 aliphatic carbocycles. The summed E-state index contributed by atoms with van der Waals surface area (Å²) >= 11 is 0. The van der Waals surface area contributed by atoms with Crippen LogP contribution < -0.4 is 5.59 Å². The summed E-state index contributed by atoms with van der Waals surface area (Å²) in [6, 6.07) is 2.52. The van der Waals surface area contributed by atoms with E-state index >= 15 is 0 Å². The Hall–Kier alpha value is -2.08. The van der Waals surface area contributed by atoms with Gasteiger partial charge in [0.1, 0.15) is 12.9 Å². The van der Waals surface area contributed by atoms with E-state index in [1.54, 1.807) is 0 Å². The zero-order valence-electron chi connectivity index (χ0n) is 13.1. The molecule has 2 rings (SSSR count). The second-order valence-corrected chi connectivity index (χ2v) is 5.29. The number of terminal acetylenes is 1. The molecule has 0 saturated carbocycles. The quantitative estimate of drug-likeness (QED) is 0.668. The van der Waals surface area contributed by atoms with Crippen LogP contribution >= 0.6 is 0 Å². The van der Waals surface area contributed by atoms with E-state index in [1.807, 2.05) is 34.6 Å². The number of hydrogen-bond donors (Lipinski definition) is 1. The summed E-state index contributed by atoms with van der Waals surface area (Å²) in [6.45, 7) is 9.84. The van der Waals surface area contributed by atoms with E-state index < -0.39 is 0 Å². The number of nitrogens with zero attached hydrogens (tertiary/aromatic N) is 2. The van der Waals surface area contributed by atoms with Crippen molar-refractivity contribution in [1.82, 2.24) is 9.78 Å². The van der Waals surface area contributed by atoms with Gasteiger partial charge in [-0.3, -0.25) is 0 Å². The molecule has 103 valence electrons. The van der Waals surface area contributed by atoms with Gasteiger partial charge in [0.2, 0.25) is 0 Å². The van der Waals surface area contributed by atoms with Crippen LogP contribution in [0, 0.1) is 47.1 Å². The summed E-state index contributed by atoms with van der Waals surface area (Å²) in [5, 5.41) is 14.9. The molecule has 0 atom stereocenters. The van der Waals surface area contributed by atoms with Gasteiger partial charge in [-0.05, 0) is 62.4 Å². The highest BCUT2D eigenvalue weighted by Crippen LogP contribution is 2.39. The Morgan fingerprint density at radius 2 is 1.62 bits per heavy atom. The molecular weight excluding hydrogens is 258 g/mol. The second-order valence-electron chi connectivity index (χ2n) is 5.29. The smallest absolute Gasteiger partial charge is 0.128 e. The molecule has 3 radical (unpaired) electrons. The van der Waals surface area contributed by atoms with E-state index in [9.17, 15) is 5.11 Å². The zero-order chi connectivity index (χ0) is 15.9. The van der Waals surface area contributed by atoms with Crippen LogP contribution in [0.2, 0.25) is 0 Å². The molecule has 0 unspecified atom stereocenters. The Morgan fingerprint density at radius 3 is 2.14 bits per heavy atom. The van der Waals surface area contributed by atoms with Gasteiger partial charge in [0, 0.05) is 24.9 Å². The first kappa shape index (κ1) is 15.3. The molecule has 1 aromatic heterocycles. The van der Waals surface area contributed by atoms with Gasteiger partial charge in [0.15, 0.2) is 0 Å². The lowest BCUT2D eigenvalue weighted by atomic mass is 9.52. The summed E-state index contributed by atoms with van der Waals surface area (Å²) in [4.78, 5) is 0. The maximum absolute atomic E-state index is 10.6. The first-order valence-corrected chi connectivity index (χ1v) is 6.76. The second kappa shape index (κ2) is 5.37. The molecule has 21 heavy (non-hydrogen) atoms. The minimum atomic E-state index is 0.249. The predicted octanol–water partition coefficient (Wildman–Crippen LogP) is 1.65. The summed E-state index contributed by atoms with van der Waals surface area (Å²) in [6.07, 6.45) is 5.55. The Kier molecular flexibility index (Phi) is 3.91. The van der Waals surface area contributed by atoms with E-state index in [2.05, 4.69) is 11.1 Å². The van der Waals surface area contributed by atoms with E-state index in [0.29, 0.717) is 5.59 Å². The minimum Gasteiger partial charge on any atom is -0.507 e. The highest BCUT2D eigenvalue weighted by molar-refractivity contribution is 6.97. The number of aromatic hydroxyl groups is 1. The fourth-order valence-electron chi connectivity index (χ4n) is 2.64. The van der Waals surface area contributed by atoms with Crippen molar-refractivity contribution in [1.29, 1.82) is 0 Å². The lowest BCUT2D eigenvalue weighted by Gasteiger charge is -2.17. The molecular formula is C16H17B2N2O. The molecule has 5 heteroatoms. The summed E-state index contributed by atoms with van der Waals surface area (Å²) < 4.78 is 1.43. The number of rotatable bonds is 2. The SMILES string of the molecule is [B][B]c1nn(C#C)c(-c2c(C)c(C)c(C)c(C)c2O)c1C. The van der Waals surface area contributed by atoms with Crippen molar-refractivity contribution in [2.75, 3.05) is 0 Å². The third-order valence-corrected chi connectivity index (χ3v) is 4.33. The number of phenols is 1. The Labute approximate surface area is 128 Å². The van der Waals surface area contributed by atoms with Crippen molar-refractivity contribution in [3.8, 4) is 29.5 Å². The molecule has 3 nitrogen and oxygen atoms in total. The van der Waals surface area contributed by atoms with Crippen LogP contribution in [0.3, 0.4) is 0 Å². The first-order valence-electron chi connectivity index (χ1n) is 6.76. The molecule has 2 aromatic rings. The van der Waals surface area contributed by atoms with Gasteiger partial charge in [-0.2, -0.15) is 9.78 Å². The maximum Gasteiger partial charge on any atom is 0.128 e. The van der Waals surface area contributed by atoms with Crippen LogP contribution in [-0.2, 0) is 0 Å². The molecule has 0 amide bonds. The van der Waals surface area contributed by atoms with Gasteiger partial charge in [-0.25, -0.2) is 0 Å². The van der Waals surface area contributed by atoms with Gasteiger partial charge in [0.25, 0.3) is 0 Å². The van der Waals surface area contributed by atoms with E-state index in [1.165, 1.54) is 11.9 Å². The lowest BCUT2D eigenvalue weighted by Crippen LogP contribution is -2.19. The average molecular weight is 275 g/mol. The van der Waals surface area contributed by atoms with Gasteiger partial charge in [0.05, 0.1) is 5.69 Å². The topological polar surface area (TPSA) is 38.0 Å². The van der Waals surface area contributed by atoms with Crippen LogP contribution in [0.25, 0.3) is 11.3 Å². The standard InChI is InChI=1S/C16H17B2N2O/c1-7-20-14(12(6)16(18-17)19-20)13-10(4)8(2)9(3)11(5)15(13)21/h1,21H,2-6H3. The molecule has 0 bridgehead atoms. The maximum atomic E-state index is 10.6. The third-order valence-electron chi connectivity index (χ3n) is 4.33. The Bertz CT molecular complexity index is 741. The summed E-state index contributed by atoms with van der Waals surface area (Å²) in [7, 11) is 7.02. The zero-order valence-corrected chi connectivity index (χ0v) is 13.1. The fourth-order valence-corrected chi connectivity index (χ4v) is 2.64. The van der Waals surface area contributed by atoms with Crippen LogP contribution in [0.4, 0.5) is 0 Å². The molecule has 0 fully saturated rings. The monoisotopic (exact) mass is 275 g/mol. The highest BCUT2D eigenvalue weighted by atomic mass is 16.3. The molecule has 0 spiro atoms. The van der Waals surface area contributed by atoms with Gasteiger partial charge in [-0.1, -0.05) is 6.42 Å². The minimum absolute atomic E-state index is 0.249. The fraction of sp³-hybridized carbons (Fsp3) is 0.312. The van der Waals surface area contributed by atoms with Crippen molar-refractivity contribution in [3.05, 3.63) is 27.8 Å². The third kappa shape index (κ3) is 2.15. The Balaban J connectivity index is 2.93. The van der Waals surface area contributed by atoms with Crippen molar-refractivity contribution in [3.63, 3.8) is 0 Å².